The van der Waals surface area contributed by atoms with E-state index in [1.165, 1.54) is 18.5 Å². The molecule has 204 valence electrons. The second kappa shape index (κ2) is 13.0. The molecule has 0 amide bonds. The number of benzene rings is 4. The van der Waals surface area contributed by atoms with Crippen LogP contribution in [-0.2, 0) is 11.2 Å². The standard InChI is InChI=1S/C34H34N2O4/c37-33(27-9-3-1-4-10-27)30-13-7-8-14-31(30)35-32(34(38)39)23-25-17-19-29(20-18-25)40-22-21-36(24-26-15-16-26)28-11-5-2-6-12-28/h1-14,17-20,26,32,35H,15-16,21-24H2,(H,38,39)/t32-/m0/s1. The van der Waals surface area contributed by atoms with Gasteiger partial charge in [-0.25, -0.2) is 4.79 Å². The van der Waals surface area contributed by atoms with Gasteiger partial charge in [-0.05, 0) is 60.7 Å². The number of nitrogens with zero attached hydrogens (tertiary/aromatic N) is 1. The summed E-state index contributed by atoms with van der Waals surface area (Å²) in [5.41, 5.74) is 3.57. The Labute approximate surface area is 235 Å². The summed E-state index contributed by atoms with van der Waals surface area (Å²) in [6, 6.07) is 33.1. The minimum absolute atomic E-state index is 0.155. The van der Waals surface area contributed by atoms with Crippen molar-refractivity contribution in [3.8, 4) is 5.75 Å². The molecular weight excluding hydrogens is 500 g/mol. The fourth-order valence-corrected chi connectivity index (χ4v) is 4.75. The van der Waals surface area contributed by atoms with Crippen LogP contribution < -0.4 is 15.0 Å². The van der Waals surface area contributed by atoms with Crippen LogP contribution in [0, 0.1) is 5.92 Å². The lowest BCUT2D eigenvalue weighted by atomic mass is 10.00. The fraction of sp³-hybridized carbons (Fsp3) is 0.235. The number of hydrogen-bond acceptors (Lipinski definition) is 5. The topological polar surface area (TPSA) is 78.9 Å². The summed E-state index contributed by atoms with van der Waals surface area (Å²) in [5.74, 6) is 0.386. The zero-order valence-corrected chi connectivity index (χ0v) is 22.4. The summed E-state index contributed by atoms with van der Waals surface area (Å²) in [6.45, 7) is 2.41. The fourth-order valence-electron chi connectivity index (χ4n) is 4.75. The van der Waals surface area contributed by atoms with E-state index in [9.17, 15) is 14.7 Å². The first-order valence-corrected chi connectivity index (χ1v) is 13.8. The van der Waals surface area contributed by atoms with E-state index in [1.807, 2.05) is 48.5 Å². The first-order chi connectivity index (χ1) is 19.6. The van der Waals surface area contributed by atoms with Gasteiger partial charge in [0.1, 0.15) is 18.4 Å². The van der Waals surface area contributed by atoms with E-state index >= 15 is 0 Å². The molecule has 4 aromatic carbocycles. The minimum Gasteiger partial charge on any atom is -0.492 e. The van der Waals surface area contributed by atoms with Gasteiger partial charge in [-0.2, -0.15) is 0 Å². The molecule has 0 heterocycles. The van der Waals surface area contributed by atoms with Gasteiger partial charge in [0.05, 0.1) is 6.54 Å². The van der Waals surface area contributed by atoms with Crippen molar-refractivity contribution in [2.24, 2.45) is 5.92 Å². The van der Waals surface area contributed by atoms with Crippen LogP contribution in [0.5, 0.6) is 5.75 Å². The quantitative estimate of drug-likeness (QED) is 0.184. The number of carboxylic acid groups (broad SMARTS) is 1. The molecule has 0 aliphatic heterocycles. The van der Waals surface area contributed by atoms with Crippen molar-refractivity contribution in [3.63, 3.8) is 0 Å². The van der Waals surface area contributed by atoms with Gasteiger partial charge in [0, 0.05) is 35.5 Å². The third-order valence-corrected chi connectivity index (χ3v) is 7.13. The Morgan fingerprint density at radius 2 is 1.50 bits per heavy atom. The third kappa shape index (κ3) is 7.29. The van der Waals surface area contributed by atoms with E-state index < -0.39 is 12.0 Å². The molecule has 4 aromatic rings. The molecule has 0 saturated heterocycles. The SMILES string of the molecule is O=C(c1ccccc1)c1ccccc1N[C@@H](Cc1ccc(OCCN(CC2CC2)c2ccccc2)cc1)C(=O)O. The number of carbonyl (C=O) groups excluding carboxylic acids is 1. The van der Waals surface area contributed by atoms with Gasteiger partial charge in [0.15, 0.2) is 5.78 Å². The van der Waals surface area contributed by atoms with Gasteiger partial charge in [-0.1, -0.05) is 72.8 Å². The van der Waals surface area contributed by atoms with Crippen LogP contribution >= 0.6 is 0 Å². The molecule has 1 fully saturated rings. The van der Waals surface area contributed by atoms with Crippen LogP contribution in [0.25, 0.3) is 0 Å². The highest BCUT2D eigenvalue weighted by molar-refractivity contribution is 6.12. The zero-order chi connectivity index (χ0) is 27.7. The molecule has 5 rings (SSSR count). The van der Waals surface area contributed by atoms with Gasteiger partial charge in [-0.3, -0.25) is 4.79 Å². The van der Waals surface area contributed by atoms with Crippen LogP contribution in [0.4, 0.5) is 11.4 Å². The molecule has 1 saturated carbocycles. The Morgan fingerprint density at radius 3 is 2.17 bits per heavy atom. The average molecular weight is 535 g/mol. The van der Waals surface area contributed by atoms with Crippen molar-refractivity contribution < 1.29 is 19.4 Å². The van der Waals surface area contributed by atoms with E-state index in [1.54, 1.807) is 36.4 Å². The van der Waals surface area contributed by atoms with Crippen molar-refractivity contribution in [2.45, 2.75) is 25.3 Å². The van der Waals surface area contributed by atoms with Gasteiger partial charge in [0.25, 0.3) is 0 Å². The summed E-state index contributed by atoms with van der Waals surface area (Å²) >= 11 is 0. The lowest BCUT2D eigenvalue weighted by Crippen LogP contribution is -2.32. The molecule has 2 N–H and O–H groups in total. The number of aliphatic carboxylic acids is 1. The van der Waals surface area contributed by atoms with Crippen molar-refractivity contribution >= 4 is 23.1 Å². The van der Waals surface area contributed by atoms with Gasteiger partial charge >= 0.3 is 5.97 Å². The number of carbonyl (C=O) groups is 2. The highest BCUT2D eigenvalue weighted by atomic mass is 16.5. The highest BCUT2D eigenvalue weighted by Crippen LogP contribution is 2.31. The maximum atomic E-state index is 13.1. The summed E-state index contributed by atoms with van der Waals surface area (Å²) in [5, 5.41) is 13.0. The zero-order valence-electron chi connectivity index (χ0n) is 22.4. The number of nitrogens with one attached hydrogen (secondary N) is 1. The van der Waals surface area contributed by atoms with E-state index in [-0.39, 0.29) is 12.2 Å². The van der Waals surface area contributed by atoms with Crippen LogP contribution in [0.1, 0.15) is 34.3 Å². The highest BCUT2D eigenvalue weighted by Gasteiger charge is 2.24. The molecule has 1 aliphatic rings. The first-order valence-electron chi connectivity index (χ1n) is 13.8. The van der Waals surface area contributed by atoms with E-state index in [0.717, 1.165) is 30.3 Å². The van der Waals surface area contributed by atoms with Crippen LogP contribution in [0.3, 0.4) is 0 Å². The smallest absolute Gasteiger partial charge is 0.326 e. The number of carboxylic acids is 1. The van der Waals surface area contributed by atoms with Crippen molar-refractivity contribution in [1.82, 2.24) is 0 Å². The summed E-state index contributed by atoms with van der Waals surface area (Å²) in [4.78, 5) is 27.6. The molecule has 1 atom stereocenters. The predicted octanol–water partition coefficient (Wildman–Crippen LogP) is 6.32. The summed E-state index contributed by atoms with van der Waals surface area (Å²) in [6.07, 6.45) is 2.85. The van der Waals surface area contributed by atoms with Crippen molar-refractivity contribution in [3.05, 3.63) is 126 Å². The van der Waals surface area contributed by atoms with Gasteiger partial charge in [0.2, 0.25) is 0 Å². The number of anilines is 2. The number of ether oxygens (including phenoxy) is 1. The normalized spacial score (nSPS) is 13.3. The molecular formula is C34H34N2O4. The molecule has 0 spiro atoms. The monoisotopic (exact) mass is 534 g/mol. The molecule has 1 aliphatic carbocycles. The lowest BCUT2D eigenvalue weighted by Gasteiger charge is -2.25. The van der Waals surface area contributed by atoms with Crippen molar-refractivity contribution in [2.75, 3.05) is 29.9 Å². The van der Waals surface area contributed by atoms with Gasteiger partial charge in [-0.15, -0.1) is 0 Å². The van der Waals surface area contributed by atoms with E-state index in [4.69, 9.17) is 4.74 Å². The second-order valence-electron chi connectivity index (χ2n) is 10.2. The second-order valence-corrected chi connectivity index (χ2v) is 10.2. The molecule has 0 bridgehead atoms. The molecule has 0 aromatic heterocycles. The summed E-state index contributed by atoms with van der Waals surface area (Å²) in [7, 11) is 0. The Bertz CT molecular complexity index is 1400. The Hall–Kier alpha value is -4.58. The molecule has 0 unspecified atom stereocenters. The molecule has 6 heteroatoms. The maximum Gasteiger partial charge on any atom is 0.326 e. The molecule has 6 nitrogen and oxygen atoms in total. The van der Waals surface area contributed by atoms with E-state index in [0.29, 0.717) is 23.4 Å². The largest absolute Gasteiger partial charge is 0.492 e. The third-order valence-electron chi connectivity index (χ3n) is 7.13. The van der Waals surface area contributed by atoms with Gasteiger partial charge < -0.3 is 20.1 Å². The number of para-hydroxylation sites is 2. The number of ketones is 1. The van der Waals surface area contributed by atoms with Crippen LogP contribution in [0.15, 0.2) is 109 Å². The Balaban J connectivity index is 1.19. The molecule has 0 radical (unpaired) electrons. The maximum absolute atomic E-state index is 13.1. The van der Waals surface area contributed by atoms with Crippen LogP contribution in [0.2, 0.25) is 0 Å². The van der Waals surface area contributed by atoms with Crippen LogP contribution in [-0.4, -0.2) is 42.6 Å². The predicted molar refractivity (Wildman–Crippen MR) is 158 cm³/mol. The Morgan fingerprint density at radius 1 is 0.850 bits per heavy atom. The minimum atomic E-state index is -0.987. The lowest BCUT2D eigenvalue weighted by molar-refractivity contribution is -0.137. The Kier molecular flexibility index (Phi) is 8.76. The average Bonchev–Trinajstić information content (AvgIpc) is 3.82. The first kappa shape index (κ1) is 27.0. The summed E-state index contributed by atoms with van der Waals surface area (Å²) < 4.78 is 6.04. The van der Waals surface area contributed by atoms with Crippen molar-refractivity contribution in [1.29, 1.82) is 0 Å². The number of hydrogen-bond donors (Lipinski definition) is 2. The van der Waals surface area contributed by atoms with E-state index in [2.05, 4.69) is 34.5 Å². The number of rotatable bonds is 14. The molecule has 40 heavy (non-hydrogen) atoms.